The summed E-state index contributed by atoms with van der Waals surface area (Å²) in [6.07, 6.45) is 101. The molecule has 1 N–H and O–H groups in total. The van der Waals surface area contributed by atoms with Crippen LogP contribution in [0.25, 0.3) is 0 Å². The van der Waals surface area contributed by atoms with Crippen molar-refractivity contribution < 1.29 is 42.1 Å². The Morgan fingerprint density at radius 1 is 0.352 bits per heavy atom. The van der Waals surface area contributed by atoms with E-state index in [0.29, 0.717) is 23.9 Å². The van der Waals surface area contributed by atoms with Gasteiger partial charge >= 0.3 is 19.8 Å². The molecule has 0 bridgehead atoms. The minimum atomic E-state index is -4.42. The quantitative estimate of drug-likeness (QED) is 0.0211. The fourth-order valence-corrected chi connectivity index (χ4v) is 9.99. The van der Waals surface area contributed by atoms with Crippen LogP contribution in [0.4, 0.5) is 0 Å². The number of ether oxygens (including phenoxy) is 2. The van der Waals surface area contributed by atoms with Crippen molar-refractivity contribution in [2.24, 2.45) is 0 Å². The summed E-state index contributed by atoms with van der Waals surface area (Å²) >= 11 is 0. The van der Waals surface area contributed by atoms with E-state index in [-0.39, 0.29) is 32.0 Å². The first-order chi connectivity index (χ1) is 43.0. The number of hydrogen-bond donors (Lipinski definition) is 1. The first kappa shape index (κ1) is 83.6. The second-order valence-electron chi connectivity index (χ2n) is 24.2. The minimum Gasteiger partial charge on any atom is -0.462 e. The van der Waals surface area contributed by atoms with Gasteiger partial charge in [0.05, 0.1) is 27.7 Å². The van der Waals surface area contributed by atoms with E-state index in [2.05, 4.69) is 172 Å². The number of allylic oxidation sites excluding steroid dienone is 26. The predicted octanol–water partition coefficient (Wildman–Crippen LogP) is 23.2. The third kappa shape index (κ3) is 70.7. The van der Waals surface area contributed by atoms with Gasteiger partial charge in [-0.05, 0) is 116 Å². The van der Waals surface area contributed by atoms with Crippen LogP contribution < -0.4 is 0 Å². The molecule has 0 spiro atoms. The number of hydrogen-bond acceptors (Lipinski definition) is 7. The molecule has 10 heteroatoms. The molecule has 9 nitrogen and oxygen atoms in total. The number of carbonyl (C=O) groups excluding carboxylic acids is 2. The number of phosphoric ester groups is 1. The van der Waals surface area contributed by atoms with Gasteiger partial charge in [-0.1, -0.05) is 300 Å². The monoisotopic (exact) mass is 1240 g/mol. The number of rotatable bonds is 63. The number of likely N-dealkylation sites (N-methyl/N-ethyl adjacent to an activating group) is 1. The molecule has 2 unspecified atom stereocenters. The Hall–Kier alpha value is -4.37. The zero-order valence-corrected chi connectivity index (χ0v) is 57.8. The minimum absolute atomic E-state index is 0.0144. The summed E-state index contributed by atoms with van der Waals surface area (Å²) in [5.41, 5.74) is 0. The van der Waals surface area contributed by atoms with Gasteiger partial charge in [0.1, 0.15) is 19.8 Å². The van der Waals surface area contributed by atoms with Gasteiger partial charge in [-0.25, -0.2) is 4.57 Å². The summed E-state index contributed by atoms with van der Waals surface area (Å²) < 4.78 is 34.6. The highest BCUT2D eigenvalue weighted by molar-refractivity contribution is 7.47. The Balaban J connectivity index is 4.03. The van der Waals surface area contributed by atoms with E-state index in [4.69, 9.17) is 18.5 Å². The highest BCUT2D eigenvalue weighted by atomic mass is 31.2. The van der Waals surface area contributed by atoms with Crippen LogP contribution in [0.1, 0.15) is 271 Å². The van der Waals surface area contributed by atoms with Gasteiger partial charge in [-0.3, -0.25) is 18.6 Å². The zero-order chi connectivity index (χ0) is 64.1. The van der Waals surface area contributed by atoms with Crippen LogP contribution >= 0.6 is 7.82 Å². The van der Waals surface area contributed by atoms with Gasteiger partial charge in [-0.2, -0.15) is 0 Å². The normalized spacial score (nSPS) is 14.1. The molecule has 88 heavy (non-hydrogen) atoms. The summed E-state index contributed by atoms with van der Waals surface area (Å²) in [4.78, 5) is 35.8. The maximum atomic E-state index is 12.8. The molecule has 0 radical (unpaired) electrons. The molecule has 0 amide bonds. The molecule has 0 aromatic rings. The highest BCUT2D eigenvalue weighted by Crippen LogP contribution is 2.43. The van der Waals surface area contributed by atoms with Gasteiger partial charge in [0, 0.05) is 12.8 Å². The third-order valence-corrected chi connectivity index (χ3v) is 15.5. The van der Waals surface area contributed by atoms with Crippen molar-refractivity contribution in [2.75, 3.05) is 47.5 Å². The maximum Gasteiger partial charge on any atom is 0.472 e. The molecule has 500 valence electrons. The van der Waals surface area contributed by atoms with Gasteiger partial charge < -0.3 is 18.9 Å². The van der Waals surface area contributed by atoms with E-state index in [0.717, 1.165) is 103 Å². The molecule has 2 atom stereocenters. The molecule has 0 saturated heterocycles. The summed E-state index contributed by atoms with van der Waals surface area (Å²) in [5.74, 6) is -0.869. The molecular formula is C78H131NO8P+. The Morgan fingerprint density at radius 2 is 0.625 bits per heavy atom. The lowest BCUT2D eigenvalue weighted by Gasteiger charge is -2.24. The van der Waals surface area contributed by atoms with Crippen molar-refractivity contribution in [1.29, 1.82) is 0 Å². The van der Waals surface area contributed by atoms with Crippen molar-refractivity contribution in [3.63, 3.8) is 0 Å². The fraction of sp³-hybridized carbons (Fsp3) is 0.641. The van der Waals surface area contributed by atoms with E-state index in [1.165, 1.54) is 128 Å². The molecule has 0 aliphatic carbocycles. The van der Waals surface area contributed by atoms with Crippen LogP contribution in [0.5, 0.6) is 0 Å². The van der Waals surface area contributed by atoms with Gasteiger partial charge in [-0.15, -0.1) is 0 Å². The molecule has 0 aromatic heterocycles. The summed E-state index contributed by atoms with van der Waals surface area (Å²) in [5, 5.41) is 0. The molecule has 0 heterocycles. The van der Waals surface area contributed by atoms with E-state index >= 15 is 0 Å². The first-order valence-corrected chi connectivity index (χ1v) is 36.7. The van der Waals surface area contributed by atoms with Crippen LogP contribution in [0.2, 0.25) is 0 Å². The second kappa shape index (κ2) is 67.0. The Bertz CT molecular complexity index is 2040. The largest absolute Gasteiger partial charge is 0.472 e. The Labute approximate surface area is 541 Å². The van der Waals surface area contributed by atoms with Crippen LogP contribution in [0.15, 0.2) is 158 Å². The standard InChI is InChI=1S/C78H130NO8P/c1-6-8-10-12-14-16-18-20-22-24-26-28-30-31-32-33-34-35-36-37-38-39-40-41-42-43-44-45-46-47-49-50-52-54-56-58-60-62-64-66-68-70-77(80)84-74-76(75-86-88(82,83)85-73-72-79(3,4)5)87-78(81)71-69-67-65-63-61-59-57-55-53-51-48-29-27-25-23-21-19-17-15-13-11-9-7-2/h8-11,14-17,20-23,26-29,31-32,34-35,51,53,57,59,63,65,76H,6-7,12-13,18-19,24-25,30,33,36-50,52,54-56,58,60-62,64,66-75H2,1-5H3/p+1/b10-8-,11-9-,16-14-,17-15-,22-20-,23-21-,28-26-,29-27-,32-31-,35-34-,53-51-,59-57-,65-63-. The van der Waals surface area contributed by atoms with Crippen molar-refractivity contribution in [1.82, 2.24) is 0 Å². The maximum absolute atomic E-state index is 12.8. The average Bonchev–Trinajstić information content (AvgIpc) is 3.68. The summed E-state index contributed by atoms with van der Waals surface area (Å²) in [6.45, 7) is 4.14. The van der Waals surface area contributed by atoms with Crippen molar-refractivity contribution in [2.45, 2.75) is 277 Å². The van der Waals surface area contributed by atoms with Crippen molar-refractivity contribution in [3.05, 3.63) is 158 Å². The molecule has 0 rings (SSSR count). The van der Waals surface area contributed by atoms with Crippen LogP contribution in [-0.4, -0.2) is 74.9 Å². The highest BCUT2D eigenvalue weighted by Gasteiger charge is 2.27. The predicted molar refractivity (Wildman–Crippen MR) is 380 cm³/mol. The number of quaternary nitrogens is 1. The number of nitrogens with zero attached hydrogens (tertiary/aromatic N) is 1. The first-order valence-electron chi connectivity index (χ1n) is 35.2. The number of unbranched alkanes of at least 4 members (excludes halogenated alkanes) is 23. The van der Waals surface area contributed by atoms with Gasteiger partial charge in [0.15, 0.2) is 6.10 Å². The average molecular weight is 1240 g/mol. The Kier molecular flexibility index (Phi) is 63.7. The SMILES string of the molecule is CC/C=C\C/C=C\C/C=C\C/C=C\C/C=C\C/C=C\C/C=C\CCCC(=O)OC(COC(=O)CCCCCCCCCCCCCCCCCCCCCCCC/C=C\C/C=C\C/C=C\C/C=C\C/C=C\C/C=C\CC)COP(=O)(O)OCC[N+](C)(C)C. The number of esters is 2. The van der Waals surface area contributed by atoms with E-state index in [9.17, 15) is 19.0 Å². The third-order valence-electron chi connectivity index (χ3n) is 14.6. The summed E-state index contributed by atoms with van der Waals surface area (Å²) in [7, 11) is 1.43. The molecule has 0 fully saturated rings. The number of carbonyl (C=O) groups is 2. The molecule has 0 aliphatic heterocycles. The zero-order valence-electron chi connectivity index (χ0n) is 56.9. The van der Waals surface area contributed by atoms with Crippen molar-refractivity contribution in [3.8, 4) is 0 Å². The molecular weight excluding hydrogens is 1110 g/mol. The fourth-order valence-electron chi connectivity index (χ4n) is 9.25. The second-order valence-corrected chi connectivity index (χ2v) is 25.6. The molecule has 0 aliphatic rings. The van der Waals surface area contributed by atoms with Crippen LogP contribution in [0, 0.1) is 0 Å². The van der Waals surface area contributed by atoms with Gasteiger partial charge in [0.2, 0.25) is 0 Å². The number of phosphoric acid groups is 1. The van der Waals surface area contributed by atoms with E-state index in [1.807, 2.05) is 21.1 Å². The van der Waals surface area contributed by atoms with Crippen LogP contribution in [0.3, 0.4) is 0 Å². The molecule has 0 aromatic carbocycles. The lowest BCUT2D eigenvalue weighted by atomic mass is 10.0. The molecule has 0 saturated carbocycles. The summed E-state index contributed by atoms with van der Waals surface area (Å²) in [6, 6.07) is 0. The van der Waals surface area contributed by atoms with Crippen molar-refractivity contribution >= 4 is 19.8 Å². The lowest BCUT2D eigenvalue weighted by molar-refractivity contribution is -0.870. The van der Waals surface area contributed by atoms with E-state index in [1.54, 1.807) is 0 Å². The van der Waals surface area contributed by atoms with Crippen LogP contribution in [-0.2, 0) is 32.7 Å². The lowest BCUT2D eigenvalue weighted by Crippen LogP contribution is -2.37. The topological polar surface area (TPSA) is 108 Å². The Morgan fingerprint density at radius 3 is 0.943 bits per heavy atom. The van der Waals surface area contributed by atoms with Gasteiger partial charge in [0.25, 0.3) is 0 Å². The van der Waals surface area contributed by atoms with E-state index < -0.39 is 26.5 Å². The smallest absolute Gasteiger partial charge is 0.462 e.